The average molecular weight is 175 g/mol. The molecule has 0 radical (unpaired) electrons. The summed E-state index contributed by atoms with van der Waals surface area (Å²) in [5, 5.41) is 8.74. The summed E-state index contributed by atoms with van der Waals surface area (Å²) in [5.74, 6) is -0.913. The average Bonchev–Trinajstić information content (AvgIpc) is 2.31. The summed E-state index contributed by atoms with van der Waals surface area (Å²) in [7, 11) is 0. The Kier molecular flexibility index (Phi) is 2.67. The van der Waals surface area contributed by atoms with Crippen molar-refractivity contribution in [2.75, 3.05) is 6.54 Å². The minimum Gasteiger partial charge on any atom is -0.480 e. The van der Waals surface area contributed by atoms with Gasteiger partial charge in [-0.15, -0.1) is 0 Å². The molecule has 0 aliphatic carbocycles. The van der Waals surface area contributed by atoms with Gasteiger partial charge >= 0.3 is 5.97 Å². The molecule has 0 aromatic rings. The van der Waals surface area contributed by atoms with E-state index in [9.17, 15) is 9.18 Å². The Labute approximate surface area is 71.2 Å². The molecule has 12 heavy (non-hydrogen) atoms. The van der Waals surface area contributed by atoms with E-state index in [1.54, 1.807) is 4.90 Å². The number of likely N-dealkylation sites (tertiary alicyclic amines) is 1. The number of carbonyl (C=O) groups is 1. The quantitative estimate of drug-likeness (QED) is 0.677. The smallest absolute Gasteiger partial charge is 0.321 e. The zero-order valence-corrected chi connectivity index (χ0v) is 7.33. The molecule has 1 heterocycles. The molecule has 4 heteroatoms. The molecule has 3 nitrogen and oxygen atoms in total. The molecular weight excluding hydrogens is 161 g/mol. The number of aliphatic carboxylic acids is 1. The van der Waals surface area contributed by atoms with Crippen molar-refractivity contribution in [2.45, 2.75) is 38.5 Å². The third kappa shape index (κ3) is 1.75. The van der Waals surface area contributed by atoms with Crippen LogP contribution in [0.5, 0.6) is 0 Å². The lowest BCUT2D eigenvalue weighted by molar-refractivity contribution is -0.142. The first-order valence-corrected chi connectivity index (χ1v) is 4.15. The van der Waals surface area contributed by atoms with Crippen LogP contribution in [0.4, 0.5) is 4.39 Å². The van der Waals surface area contributed by atoms with Gasteiger partial charge in [0.05, 0.1) is 0 Å². The monoisotopic (exact) mass is 175 g/mol. The predicted octanol–water partition coefficient (Wildman–Crippen LogP) is 0.892. The van der Waals surface area contributed by atoms with Gasteiger partial charge in [0, 0.05) is 19.0 Å². The predicted molar refractivity (Wildman–Crippen MR) is 42.8 cm³/mol. The van der Waals surface area contributed by atoms with Crippen molar-refractivity contribution in [3.8, 4) is 0 Å². The van der Waals surface area contributed by atoms with E-state index in [0.29, 0.717) is 0 Å². The molecule has 0 saturated carbocycles. The van der Waals surface area contributed by atoms with Crippen molar-refractivity contribution in [2.24, 2.45) is 0 Å². The number of rotatable bonds is 2. The van der Waals surface area contributed by atoms with Crippen LogP contribution in [-0.4, -0.2) is 40.8 Å². The van der Waals surface area contributed by atoms with Crippen LogP contribution in [0.25, 0.3) is 0 Å². The zero-order valence-electron chi connectivity index (χ0n) is 7.33. The maximum atomic E-state index is 12.8. The van der Waals surface area contributed by atoms with Crippen LogP contribution < -0.4 is 0 Å². The highest BCUT2D eigenvalue weighted by Crippen LogP contribution is 2.22. The van der Waals surface area contributed by atoms with Gasteiger partial charge in [0.2, 0.25) is 0 Å². The van der Waals surface area contributed by atoms with E-state index < -0.39 is 18.2 Å². The molecule has 0 aromatic heterocycles. The molecule has 1 aliphatic heterocycles. The minimum atomic E-state index is -0.978. The number of carboxylic acids is 1. The van der Waals surface area contributed by atoms with E-state index in [0.717, 1.165) is 0 Å². The molecule has 2 atom stereocenters. The topological polar surface area (TPSA) is 40.5 Å². The maximum Gasteiger partial charge on any atom is 0.321 e. The fourth-order valence-corrected chi connectivity index (χ4v) is 1.62. The number of nitrogens with zero attached hydrogens (tertiary/aromatic N) is 1. The summed E-state index contributed by atoms with van der Waals surface area (Å²) in [6.45, 7) is 4.02. The van der Waals surface area contributed by atoms with Crippen molar-refractivity contribution in [3.05, 3.63) is 0 Å². The lowest BCUT2D eigenvalue weighted by Gasteiger charge is -2.24. The summed E-state index contributed by atoms with van der Waals surface area (Å²) in [4.78, 5) is 12.3. The van der Waals surface area contributed by atoms with Crippen LogP contribution in [0.15, 0.2) is 0 Å². The van der Waals surface area contributed by atoms with Crippen molar-refractivity contribution < 1.29 is 14.3 Å². The molecule has 0 bridgehead atoms. The van der Waals surface area contributed by atoms with Crippen LogP contribution >= 0.6 is 0 Å². The van der Waals surface area contributed by atoms with Gasteiger partial charge in [-0.05, 0) is 13.8 Å². The van der Waals surface area contributed by atoms with E-state index in [1.165, 1.54) is 0 Å². The Morgan fingerprint density at radius 2 is 2.25 bits per heavy atom. The molecule has 0 unspecified atom stereocenters. The Morgan fingerprint density at radius 1 is 1.67 bits per heavy atom. The minimum absolute atomic E-state index is 0.104. The maximum absolute atomic E-state index is 12.8. The van der Waals surface area contributed by atoms with E-state index >= 15 is 0 Å². The first-order valence-electron chi connectivity index (χ1n) is 4.15. The van der Waals surface area contributed by atoms with Gasteiger partial charge in [-0.25, -0.2) is 4.39 Å². The summed E-state index contributed by atoms with van der Waals surface area (Å²) in [6.07, 6.45) is -0.846. The Morgan fingerprint density at radius 3 is 2.58 bits per heavy atom. The van der Waals surface area contributed by atoms with Gasteiger partial charge in [-0.3, -0.25) is 9.69 Å². The highest BCUT2D eigenvalue weighted by Gasteiger charge is 2.37. The molecule has 0 amide bonds. The second kappa shape index (κ2) is 3.39. The fourth-order valence-electron chi connectivity index (χ4n) is 1.62. The molecular formula is C8H14FNO2. The van der Waals surface area contributed by atoms with Crippen LogP contribution in [0.2, 0.25) is 0 Å². The fraction of sp³-hybridized carbons (Fsp3) is 0.875. The van der Waals surface area contributed by atoms with Crippen LogP contribution in [-0.2, 0) is 4.79 Å². The summed E-state index contributed by atoms with van der Waals surface area (Å²) in [6, 6.07) is -0.521. The molecule has 1 fully saturated rings. The summed E-state index contributed by atoms with van der Waals surface area (Å²) < 4.78 is 12.8. The van der Waals surface area contributed by atoms with E-state index in [1.807, 2.05) is 13.8 Å². The van der Waals surface area contributed by atoms with Crippen LogP contribution in [0.3, 0.4) is 0 Å². The normalized spacial score (nSPS) is 31.3. The Hall–Kier alpha value is -0.640. The lowest BCUT2D eigenvalue weighted by Crippen LogP contribution is -2.40. The van der Waals surface area contributed by atoms with E-state index in [-0.39, 0.29) is 19.0 Å². The van der Waals surface area contributed by atoms with Gasteiger partial charge in [-0.1, -0.05) is 0 Å². The summed E-state index contributed by atoms with van der Waals surface area (Å²) in [5.41, 5.74) is 0. The van der Waals surface area contributed by atoms with E-state index in [2.05, 4.69) is 0 Å². The number of alkyl halides is 1. The molecule has 0 aromatic carbocycles. The van der Waals surface area contributed by atoms with Gasteiger partial charge in [-0.2, -0.15) is 0 Å². The SMILES string of the molecule is CC(C)N1C[C@H](F)C[C@H]1C(=O)O. The molecule has 70 valence electrons. The first kappa shape index (κ1) is 9.45. The van der Waals surface area contributed by atoms with E-state index in [4.69, 9.17) is 5.11 Å². The van der Waals surface area contributed by atoms with Crippen molar-refractivity contribution in [1.29, 1.82) is 0 Å². The zero-order chi connectivity index (χ0) is 9.30. The number of hydrogen-bond donors (Lipinski definition) is 1. The molecule has 0 spiro atoms. The highest BCUT2D eigenvalue weighted by atomic mass is 19.1. The van der Waals surface area contributed by atoms with Gasteiger partial charge in [0.15, 0.2) is 0 Å². The number of halogens is 1. The second-order valence-electron chi connectivity index (χ2n) is 3.48. The highest BCUT2D eigenvalue weighted by molar-refractivity contribution is 5.74. The Balaban J connectivity index is 2.65. The van der Waals surface area contributed by atoms with Crippen molar-refractivity contribution in [3.63, 3.8) is 0 Å². The molecule has 1 aliphatic rings. The van der Waals surface area contributed by atoms with Gasteiger partial charge in [0.25, 0.3) is 0 Å². The Bertz CT molecular complexity index is 184. The first-order chi connectivity index (χ1) is 5.52. The molecule has 1 saturated heterocycles. The molecule has 1 N–H and O–H groups in total. The second-order valence-corrected chi connectivity index (χ2v) is 3.48. The number of hydrogen-bond acceptors (Lipinski definition) is 2. The van der Waals surface area contributed by atoms with Gasteiger partial charge < -0.3 is 5.11 Å². The summed E-state index contributed by atoms with van der Waals surface area (Å²) >= 11 is 0. The number of carboxylic acid groups (broad SMARTS) is 1. The van der Waals surface area contributed by atoms with Crippen LogP contribution in [0.1, 0.15) is 20.3 Å². The third-order valence-corrected chi connectivity index (χ3v) is 2.24. The largest absolute Gasteiger partial charge is 0.480 e. The lowest BCUT2D eigenvalue weighted by atomic mass is 10.2. The van der Waals surface area contributed by atoms with Crippen LogP contribution in [0, 0.1) is 0 Å². The standard InChI is InChI=1S/C8H14FNO2/c1-5(2)10-4-6(9)3-7(10)8(11)12/h5-7H,3-4H2,1-2H3,(H,11,12)/t6-,7+/m1/s1. The van der Waals surface area contributed by atoms with Crippen molar-refractivity contribution in [1.82, 2.24) is 4.90 Å². The third-order valence-electron chi connectivity index (χ3n) is 2.24. The molecule has 1 rings (SSSR count). The van der Waals surface area contributed by atoms with Crippen molar-refractivity contribution >= 4 is 5.97 Å². The van der Waals surface area contributed by atoms with Gasteiger partial charge in [0.1, 0.15) is 12.2 Å².